The first-order valence-corrected chi connectivity index (χ1v) is 11.3. The van der Waals surface area contributed by atoms with Gasteiger partial charge in [-0.05, 0) is 60.7 Å². The van der Waals surface area contributed by atoms with E-state index in [1.165, 1.54) is 18.3 Å². The molecule has 4 rings (SSSR count). The lowest BCUT2D eigenvalue weighted by Crippen LogP contribution is -2.36. The van der Waals surface area contributed by atoms with E-state index in [4.69, 9.17) is 4.74 Å². The summed E-state index contributed by atoms with van der Waals surface area (Å²) in [5.74, 6) is -0.266. The quantitative estimate of drug-likeness (QED) is 0.614. The molecule has 0 saturated carbocycles. The van der Waals surface area contributed by atoms with E-state index >= 15 is 0 Å². The third kappa shape index (κ3) is 5.19. The summed E-state index contributed by atoms with van der Waals surface area (Å²) in [7, 11) is -3.74. The number of ether oxygens (including phenoxy) is 1. The summed E-state index contributed by atoms with van der Waals surface area (Å²) >= 11 is 0. The molecule has 0 atom stereocenters. The summed E-state index contributed by atoms with van der Waals surface area (Å²) in [6.07, 6.45) is 2.99. The van der Waals surface area contributed by atoms with Gasteiger partial charge in [0.15, 0.2) is 0 Å². The fourth-order valence-electron chi connectivity index (χ4n) is 3.20. The van der Waals surface area contributed by atoms with Crippen molar-refractivity contribution in [2.45, 2.75) is 4.90 Å². The van der Waals surface area contributed by atoms with E-state index in [1.807, 2.05) is 12.1 Å². The maximum Gasteiger partial charge on any atom is 0.261 e. The largest absolute Gasteiger partial charge is 0.378 e. The summed E-state index contributed by atoms with van der Waals surface area (Å²) in [5.41, 5.74) is 2.45. The molecular formula is C22H22N4O4S. The molecule has 8 nitrogen and oxygen atoms in total. The molecule has 1 aromatic heterocycles. The van der Waals surface area contributed by atoms with Gasteiger partial charge in [0.05, 0.1) is 30.0 Å². The highest BCUT2D eigenvalue weighted by atomic mass is 32.2. The molecule has 1 fully saturated rings. The highest BCUT2D eigenvalue weighted by molar-refractivity contribution is 7.92. The van der Waals surface area contributed by atoms with Crippen molar-refractivity contribution in [1.82, 2.24) is 4.98 Å². The van der Waals surface area contributed by atoms with Crippen LogP contribution in [0.4, 0.5) is 17.1 Å². The SMILES string of the molecule is O=C(Nc1ccc(S(=O)(=O)Nc2cccnc2)cc1)c1ccc(N2CCOCC2)cc1. The fraction of sp³-hybridized carbons (Fsp3) is 0.182. The number of anilines is 3. The molecule has 0 unspecified atom stereocenters. The number of pyridine rings is 1. The minimum atomic E-state index is -3.74. The highest BCUT2D eigenvalue weighted by Gasteiger charge is 2.15. The first-order chi connectivity index (χ1) is 15.0. The van der Waals surface area contributed by atoms with E-state index in [-0.39, 0.29) is 10.8 Å². The van der Waals surface area contributed by atoms with E-state index in [9.17, 15) is 13.2 Å². The second kappa shape index (κ2) is 9.15. The number of nitrogens with one attached hydrogen (secondary N) is 2. The fourth-order valence-corrected chi connectivity index (χ4v) is 4.25. The lowest BCUT2D eigenvalue weighted by atomic mass is 10.1. The number of amides is 1. The van der Waals surface area contributed by atoms with Crippen molar-refractivity contribution in [2.24, 2.45) is 0 Å². The number of nitrogens with zero attached hydrogens (tertiary/aromatic N) is 2. The van der Waals surface area contributed by atoms with Gasteiger partial charge < -0.3 is 15.0 Å². The Morgan fingerprint density at radius 2 is 1.65 bits per heavy atom. The smallest absolute Gasteiger partial charge is 0.261 e. The molecule has 0 spiro atoms. The summed E-state index contributed by atoms with van der Waals surface area (Å²) in [4.78, 5) is 18.7. The van der Waals surface area contributed by atoms with Gasteiger partial charge in [0.1, 0.15) is 0 Å². The zero-order chi connectivity index (χ0) is 21.7. The van der Waals surface area contributed by atoms with Crippen molar-refractivity contribution in [3.63, 3.8) is 0 Å². The van der Waals surface area contributed by atoms with Gasteiger partial charge in [-0.15, -0.1) is 0 Å². The average molecular weight is 439 g/mol. The van der Waals surface area contributed by atoms with Crippen LogP contribution in [0, 0.1) is 0 Å². The van der Waals surface area contributed by atoms with Gasteiger partial charge in [-0.2, -0.15) is 0 Å². The molecule has 1 saturated heterocycles. The number of hydrogen-bond donors (Lipinski definition) is 2. The summed E-state index contributed by atoms with van der Waals surface area (Å²) < 4.78 is 32.8. The number of sulfonamides is 1. The molecule has 160 valence electrons. The lowest BCUT2D eigenvalue weighted by molar-refractivity contribution is 0.102. The molecule has 9 heteroatoms. The van der Waals surface area contributed by atoms with Crippen LogP contribution in [0.3, 0.4) is 0 Å². The number of carbonyl (C=O) groups is 1. The highest BCUT2D eigenvalue weighted by Crippen LogP contribution is 2.20. The number of benzene rings is 2. The Hall–Kier alpha value is -3.43. The molecular weight excluding hydrogens is 416 g/mol. The molecule has 0 aliphatic carbocycles. The number of rotatable bonds is 6. The van der Waals surface area contributed by atoms with Crippen LogP contribution in [-0.2, 0) is 14.8 Å². The standard InChI is InChI=1S/C22H22N4O4S/c27-22(17-3-7-20(8-4-17)26-12-14-30-15-13-26)24-18-5-9-21(10-6-18)31(28,29)25-19-2-1-11-23-16-19/h1-11,16,25H,12-15H2,(H,24,27). The van der Waals surface area contributed by atoms with E-state index in [2.05, 4.69) is 19.9 Å². The van der Waals surface area contributed by atoms with Gasteiger partial charge in [-0.1, -0.05) is 0 Å². The van der Waals surface area contributed by atoms with Crippen LogP contribution in [0.25, 0.3) is 0 Å². The second-order valence-electron chi connectivity index (χ2n) is 6.97. The van der Waals surface area contributed by atoms with Gasteiger partial charge in [0.2, 0.25) is 0 Å². The van der Waals surface area contributed by atoms with Crippen LogP contribution >= 0.6 is 0 Å². The topological polar surface area (TPSA) is 101 Å². The third-order valence-corrected chi connectivity index (χ3v) is 6.24. The predicted molar refractivity (Wildman–Crippen MR) is 119 cm³/mol. The molecule has 1 amide bonds. The molecule has 31 heavy (non-hydrogen) atoms. The van der Waals surface area contributed by atoms with E-state index < -0.39 is 10.0 Å². The van der Waals surface area contributed by atoms with E-state index in [0.29, 0.717) is 30.2 Å². The van der Waals surface area contributed by atoms with E-state index in [1.54, 1.807) is 42.6 Å². The van der Waals surface area contributed by atoms with Crippen LogP contribution in [0.15, 0.2) is 78.0 Å². The summed E-state index contributed by atoms with van der Waals surface area (Å²) in [6, 6.07) is 16.6. The summed E-state index contributed by atoms with van der Waals surface area (Å²) in [5, 5.41) is 2.79. The summed E-state index contributed by atoms with van der Waals surface area (Å²) in [6.45, 7) is 3.06. The van der Waals surface area contributed by atoms with Crippen molar-refractivity contribution in [2.75, 3.05) is 41.2 Å². The molecule has 1 aliphatic rings. The zero-order valence-electron chi connectivity index (χ0n) is 16.7. The van der Waals surface area contributed by atoms with Crippen molar-refractivity contribution in [3.05, 3.63) is 78.6 Å². The number of morpholine rings is 1. The molecule has 2 N–H and O–H groups in total. The second-order valence-corrected chi connectivity index (χ2v) is 8.65. The van der Waals surface area contributed by atoms with Crippen LogP contribution < -0.4 is 14.9 Å². The number of hydrogen-bond acceptors (Lipinski definition) is 6. The van der Waals surface area contributed by atoms with Crippen LogP contribution in [-0.4, -0.2) is 45.6 Å². The Labute approximate surface area is 180 Å². The number of carbonyl (C=O) groups excluding carboxylic acids is 1. The maximum absolute atomic E-state index is 12.5. The Balaban J connectivity index is 1.39. The van der Waals surface area contributed by atoms with Crippen LogP contribution in [0.2, 0.25) is 0 Å². The predicted octanol–water partition coefficient (Wildman–Crippen LogP) is 2.97. The zero-order valence-corrected chi connectivity index (χ0v) is 17.5. The lowest BCUT2D eigenvalue weighted by Gasteiger charge is -2.28. The Morgan fingerprint density at radius 1 is 0.935 bits per heavy atom. The normalized spacial score (nSPS) is 14.1. The molecule has 2 heterocycles. The van der Waals surface area contributed by atoms with Gasteiger partial charge in [0, 0.05) is 36.2 Å². The van der Waals surface area contributed by atoms with Crippen molar-refractivity contribution in [1.29, 1.82) is 0 Å². The van der Waals surface area contributed by atoms with Crippen molar-refractivity contribution >= 4 is 33.0 Å². The first-order valence-electron chi connectivity index (χ1n) is 9.78. The molecule has 3 aromatic rings. The Bertz CT molecular complexity index is 1130. The van der Waals surface area contributed by atoms with Crippen molar-refractivity contribution < 1.29 is 17.9 Å². The van der Waals surface area contributed by atoms with Gasteiger partial charge in [-0.3, -0.25) is 14.5 Å². The Kier molecular flexibility index (Phi) is 6.15. The third-order valence-electron chi connectivity index (χ3n) is 4.84. The van der Waals surface area contributed by atoms with Crippen LogP contribution in [0.5, 0.6) is 0 Å². The maximum atomic E-state index is 12.5. The molecule has 2 aromatic carbocycles. The Morgan fingerprint density at radius 3 is 2.29 bits per heavy atom. The van der Waals surface area contributed by atoms with Gasteiger partial charge in [-0.25, -0.2) is 8.42 Å². The minimum Gasteiger partial charge on any atom is -0.378 e. The molecule has 0 radical (unpaired) electrons. The molecule has 0 bridgehead atoms. The van der Waals surface area contributed by atoms with Crippen molar-refractivity contribution in [3.8, 4) is 0 Å². The van der Waals surface area contributed by atoms with Gasteiger partial charge >= 0.3 is 0 Å². The average Bonchev–Trinajstić information content (AvgIpc) is 2.80. The minimum absolute atomic E-state index is 0.0872. The number of aromatic nitrogens is 1. The molecule has 1 aliphatic heterocycles. The van der Waals surface area contributed by atoms with Crippen LogP contribution in [0.1, 0.15) is 10.4 Å². The monoisotopic (exact) mass is 438 g/mol. The first kappa shape index (κ1) is 20.8. The van der Waals surface area contributed by atoms with Gasteiger partial charge in [0.25, 0.3) is 15.9 Å². The van der Waals surface area contributed by atoms with E-state index in [0.717, 1.165) is 18.8 Å².